The van der Waals surface area contributed by atoms with Gasteiger partial charge in [0.1, 0.15) is 4.90 Å². The third-order valence-corrected chi connectivity index (χ3v) is 5.32. The van der Waals surface area contributed by atoms with Crippen LogP contribution in [0.3, 0.4) is 0 Å². The van der Waals surface area contributed by atoms with Gasteiger partial charge in [-0.05, 0) is 40.9 Å². The lowest BCUT2D eigenvalue weighted by atomic mass is 10.1. The number of methoxy groups -OCH3 is 1. The van der Waals surface area contributed by atoms with E-state index in [-0.39, 0.29) is 28.2 Å². The number of sulfonamides is 1. The number of aliphatic hydroxyl groups excluding tert-OH is 1. The van der Waals surface area contributed by atoms with Crippen LogP contribution in [0.1, 0.15) is 13.8 Å². The molecule has 0 bridgehead atoms. The van der Waals surface area contributed by atoms with Gasteiger partial charge in [-0.1, -0.05) is 18.5 Å². The quantitative estimate of drug-likeness (QED) is 0.787. The van der Waals surface area contributed by atoms with Gasteiger partial charge in [-0.25, -0.2) is 13.1 Å². The number of ether oxygens (including phenoxy) is 1. The van der Waals surface area contributed by atoms with E-state index in [4.69, 9.17) is 21.4 Å². The Morgan fingerprint density at radius 3 is 2.55 bits per heavy atom. The zero-order valence-corrected chi connectivity index (χ0v) is 14.5. The average Bonchev–Trinajstić information content (AvgIpc) is 2.36. The number of halogens is 2. The van der Waals surface area contributed by atoms with Crippen LogP contribution < -0.4 is 9.46 Å². The van der Waals surface area contributed by atoms with Crippen LogP contribution in [0.4, 0.5) is 0 Å². The van der Waals surface area contributed by atoms with Crippen molar-refractivity contribution >= 4 is 37.6 Å². The van der Waals surface area contributed by atoms with Crippen molar-refractivity contribution in [1.82, 2.24) is 4.72 Å². The number of rotatable bonds is 6. The Morgan fingerprint density at radius 1 is 1.45 bits per heavy atom. The first kappa shape index (κ1) is 17.7. The van der Waals surface area contributed by atoms with Crippen molar-refractivity contribution in [2.24, 2.45) is 5.92 Å². The van der Waals surface area contributed by atoms with Gasteiger partial charge in [0.15, 0.2) is 5.75 Å². The van der Waals surface area contributed by atoms with Gasteiger partial charge in [-0.3, -0.25) is 0 Å². The van der Waals surface area contributed by atoms with Crippen LogP contribution in [-0.2, 0) is 10.0 Å². The molecular formula is C12H17BrClNO4S. The minimum Gasteiger partial charge on any atom is -0.494 e. The SMILES string of the molecule is COc1c(Br)cc(Cl)cc1S(=O)(=O)NC(C)C(C)CO. The average molecular weight is 387 g/mol. The molecule has 0 amide bonds. The topological polar surface area (TPSA) is 75.6 Å². The second kappa shape index (κ2) is 7.09. The van der Waals surface area contributed by atoms with Crippen LogP contribution in [0, 0.1) is 5.92 Å². The van der Waals surface area contributed by atoms with Crippen molar-refractivity contribution in [1.29, 1.82) is 0 Å². The molecule has 0 fully saturated rings. The number of hydrogen-bond acceptors (Lipinski definition) is 4. The van der Waals surface area contributed by atoms with E-state index in [1.54, 1.807) is 19.9 Å². The molecule has 1 rings (SSSR count). The normalized spacial score (nSPS) is 14.9. The van der Waals surface area contributed by atoms with Gasteiger partial charge in [0.05, 0.1) is 11.6 Å². The summed E-state index contributed by atoms with van der Waals surface area (Å²) in [5, 5.41) is 9.35. The van der Waals surface area contributed by atoms with Crippen molar-refractivity contribution in [3.05, 3.63) is 21.6 Å². The molecule has 1 aromatic carbocycles. The first-order chi connectivity index (χ1) is 9.22. The molecule has 0 heterocycles. The van der Waals surface area contributed by atoms with E-state index in [1.807, 2.05) is 0 Å². The molecule has 2 atom stereocenters. The first-order valence-electron chi connectivity index (χ1n) is 5.89. The predicted molar refractivity (Wildman–Crippen MR) is 81.7 cm³/mol. The second-order valence-electron chi connectivity index (χ2n) is 4.49. The molecule has 20 heavy (non-hydrogen) atoms. The van der Waals surface area contributed by atoms with Crippen molar-refractivity contribution in [3.8, 4) is 5.75 Å². The molecule has 5 nitrogen and oxygen atoms in total. The van der Waals surface area contributed by atoms with E-state index >= 15 is 0 Å². The van der Waals surface area contributed by atoms with Gasteiger partial charge in [0, 0.05) is 17.7 Å². The summed E-state index contributed by atoms with van der Waals surface area (Å²) in [5.41, 5.74) is 0. The molecule has 0 aliphatic carbocycles. The highest BCUT2D eigenvalue weighted by molar-refractivity contribution is 9.10. The molecule has 114 valence electrons. The monoisotopic (exact) mass is 385 g/mol. The fourth-order valence-corrected chi connectivity index (χ4v) is 4.25. The number of nitrogens with one attached hydrogen (secondary N) is 1. The third kappa shape index (κ3) is 4.08. The summed E-state index contributed by atoms with van der Waals surface area (Å²) in [4.78, 5) is -0.0450. The van der Waals surface area contributed by atoms with Crippen molar-refractivity contribution in [2.45, 2.75) is 24.8 Å². The maximum absolute atomic E-state index is 12.4. The molecule has 0 aromatic heterocycles. The maximum atomic E-state index is 12.4. The minimum atomic E-state index is -3.80. The van der Waals surface area contributed by atoms with E-state index in [1.165, 1.54) is 13.2 Å². The molecule has 2 N–H and O–H groups in total. The Hall–Kier alpha value is -0.340. The summed E-state index contributed by atoms with van der Waals surface area (Å²) in [6.45, 7) is 3.32. The zero-order valence-electron chi connectivity index (χ0n) is 11.4. The van der Waals surface area contributed by atoms with Gasteiger partial charge in [0.2, 0.25) is 10.0 Å². The van der Waals surface area contributed by atoms with Crippen molar-refractivity contribution in [2.75, 3.05) is 13.7 Å². The molecule has 0 aliphatic rings. The van der Waals surface area contributed by atoms with Gasteiger partial charge in [-0.15, -0.1) is 0 Å². The number of benzene rings is 1. The first-order valence-corrected chi connectivity index (χ1v) is 8.54. The molecule has 0 saturated carbocycles. The van der Waals surface area contributed by atoms with Crippen LogP contribution in [0.2, 0.25) is 5.02 Å². The van der Waals surface area contributed by atoms with E-state index in [0.717, 1.165) is 0 Å². The van der Waals surface area contributed by atoms with Crippen molar-refractivity contribution < 1.29 is 18.3 Å². The Bertz CT molecular complexity index is 579. The van der Waals surface area contributed by atoms with Gasteiger partial charge in [-0.2, -0.15) is 0 Å². The highest BCUT2D eigenvalue weighted by Gasteiger charge is 2.26. The van der Waals surface area contributed by atoms with Crippen LogP contribution >= 0.6 is 27.5 Å². The predicted octanol–water partition coefficient (Wildman–Crippen LogP) is 2.41. The van der Waals surface area contributed by atoms with E-state index in [9.17, 15) is 8.42 Å². The Morgan fingerprint density at radius 2 is 2.05 bits per heavy atom. The van der Waals surface area contributed by atoms with Crippen LogP contribution in [-0.4, -0.2) is 33.3 Å². The third-order valence-electron chi connectivity index (χ3n) is 2.95. The van der Waals surface area contributed by atoms with Gasteiger partial charge >= 0.3 is 0 Å². The Kier molecular flexibility index (Phi) is 6.27. The van der Waals surface area contributed by atoms with E-state index in [2.05, 4.69) is 20.7 Å². The molecule has 2 unspecified atom stereocenters. The van der Waals surface area contributed by atoms with Crippen LogP contribution in [0.5, 0.6) is 5.75 Å². The lowest BCUT2D eigenvalue weighted by molar-refractivity contribution is 0.216. The summed E-state index contributed by atoms with van der Waals surface area (Å²) >= 11 is 9.11. The van der Waals surface area contributed by atoms with E-state index < -0.39 is 16.1 Å². The molecule has 0 spiro atoms. The minimum absolute atomic E-state index is 0.0450. The van der Waals surface area contributed by atoms with Crippen LogP contribution in [0.25, 0.3) is 0 Å². The summed E-state index contributed by atoms with van der Waals surface area (Å²) < 4.78 is 32.9. The van der Waals surface area contributed by atoms with E-state index in [0.29, 0.717) is 4.47 Å². The van der Waals surface area contributed by atoms with Gasteiger partial charge in [0.25, 0.3) is 0 Å². The van der Waals surface area contributed by atoms with Gasteiger partial charge < -0.3 is 9.84 Å². The highest BCUT2D eigenvalue weighted by Crippen LogP contribution is 2.35. The molecule has 0 radical (unpaired) electrons. The number of aliphatic hydroxyl groups is 1. The molecule has 1 aromatic rings. The molecule has 0 saturated heterocycles. The fourth-order valence-electron chi connectivity index (χ4n) is 1.52. The van der Waals surface area contributed by atoms with Crippen LogP contribution in [0.15, 0.2) is 21.5 Å². The highest BCUT2D eigenvalue weighted by atomic mass is 79.9. The summed E-state index contributed by atoms with van der Waals surface area (Å²) in [6.07, 6.45) is 0. The lowest BCUT2D eigenvalue weighted by Crippen LogP contribution is -2.38. The standard InChI is InChI=1S/C12H17BrClNO4S/c1-7(6-16)8(2)15-20(17,18)11-5-9(14)4-10(13)12(11)19-3/h4-5,7-8,15-16H,6H2,1-3H3. The lowest BCUT2D eigenvalue weighted by Gasteiger charge is -2.20. The largest absolute Gasteiger partial charge is 0.494 e. The Labute approximate surface area is 132 Å². The fraction of sp³-hybridized carbons (Fsp3) is 0.500. The molecular weight excluding hydrogens is 370 g/mol. The number of hydrogen-bond donors (Lipinski definition) is 2. The summed E-state index contributed by atoms with van der Waals surface area (Å²) in [5.74, 6) is -0.0239. The summed E-state index contributed by atoms with van der Waals surface area (Å²) in [6, 6.07) is 2.45. The molecule has 8 heteroatoms. The summed E-state index contributed by atoms with van der Waals surface area (Å²) in [7, 11) is -2.42. The second-order valence-corrected chi connectivity index (χ2v) is 7.46. The maximum Gasteiger partial charge on any atom is 0.244 e. The van der Waals surface area contributed by atoms with Crippen molar-refractivity contribution in [3.63, 3.8) is 0 Å². The smallest absolute Gasteiger partial charge is 0.244 e. The zero-order chi connectivity index (χ0) is 15.5. The molecule has 0 aliphatic heterocycles. The Balaban J connectivity index is 3.22.